The molecule has 2 aromatic carbocycles. The van der Waals surface area contributed by atoms with E-state index >= 15 is 0 Å². The molecule has 7 nitrogen and oxygen atoms in total. The number of nitriles is 1. The quantitative estimate of drug-likeness (QED) is 0.723. The van der Waals surface area contributed by atoms with Gasteiger partial charge < -0.3 is 5.32 Å². The van der Waals surface area contributed by atoms with Gasteiger partial charge in [-0.05, 0) is 43.7 Å². The normalized spacial score (nSPS) is 19.6. The molecule has 0 spiro atoms. The molecule has 28 heavy (non-hydrogen) atoms. The second-order valence-electron chi connectivity index (χ2n) is 7.27. The molecule has 2 heterocycles. The molecule has 3 aromatic rings. The number of nitrogens with zero attached hydrogens (tertiary/aromatic N) is 4. The fraction of sp³-hybridized carbons (Fsp3) is 0.238. The number of amides is 1. The van der Waals surface area contributed by atoms with Crippen LogP contribution in [0.3, 0.4) is 0 Å². The van der Waals surface area contributed by atoms with E-state index in [1.54, 1.807) is 13.1 Å². The van der Waals surface area contributed by atoms with E-state index in [0.29, 0.717) is 5.56 Å². The highest BCUT2D eigenvalue weighted by atomic mass is 16.2. The number of benzene rings is 2. The Bertz CT molecular complexity index is 1150. The van der Waals surface area contributed by atoms with Crippen LogP contribution in [0, 0.1) is 23.7 Å². The zero-order valence-electron chi connectivity index (χ0n) is 15.9. The van der Waals surface area contributed by atoms with Crippen LogP contribution in [0.4, 0.5) is 0 Å². The van der Waals surface area contributed by atoms with Crippen LogP contribution in [0.15, 0.2) is 42.5 Å². The molecule has 1 aromatic heterocycles. The average molecular weight is 372 g/mol. The Morgan fingerprint density at radius 3 is 2.75 bits per heavy atom. The number of para-hydroxylation sites is 1. The fourth-order valence-electron chi connectivity index (χ4n) is 3.75. The molecular weight excluding hydrogens is 352 g/mol. The van der Waals surface area contributed by atoms with Crippen molar-refractivity contribution in [3.63, 3.8) is 0 Å². The Labute approximate surface area is 162 Å². The molecule has 1 fully saturated rings. The molecule has 4 rings (SSSR count). The van der Waals surface area contributed by atoms with E-state index in [-0.39, 0.29) is 18.3 Å². The molecule has 7 heteroatoms. The summed E-state index contributed by atoms with van der Waals surface area (Å²) in [5, 5.41) is 20.7. The van der Waals surface area contributed by atoms with Gasteiger partial charge in [0.1, 0.15) is 11.9 Å². The number of fused-ring (bicyclic) bond motifs is 1. The van der Waals surface area contributed by atoms with Crippen molar-refractivity contribution in [1.82, 2.24) is 19.8 Å². The van der Waals surface area contributed by atoms with Gasteiger partial charge in [-0.3, -0.25) is 19.7 Å². The SMILES string of the molecule is Cc1nc2cccc(C#N)c2n1-c1cccc([C@]2(C)CC(=O)N(C)C(=N)N2)c1. The van der Waals surface area contributed by atoms with E-state index in [1.807, 2.05) is 54.8 Å². The van der Waals surface area contributed by atoms with Gasteiger partial charge >= 0.3 is 0 Å². The van der Waals surface area contributed by atoms with E-state index in [0.717, 1.165) is 28.1 Å². The van der Waals surface area contributed by atoms with Crippen molar-refractivity contribution in [2.24, 2.45) is 0 Å². The second kappa shape index (κ2) is 6.20. The van der Waals surface area contributed by atoms with Crippen LogP contribution >= 0.6 is 0 Å². The molecule has 1 amide bonds. The number of carbonyl (C=O) groups excluding carboxylic acids is 1. The molecule has 140 valence electrons. The summed E-state index contributed by atoms with van der Waals surface area (Å²) in [5.41, 5.74) is 3.17. The zero-order valence-corrected chi connectivity index (χ0v) is 15.9. The average Bonchev–Trinajstić information content (AvgIpc) is 3.02. The number of imidazole rings is 1. The topological polar surface area (TPSA) is 97.8 Å². The van der Waals surface area contributed by atoms with Gasteiger partial charge in [-0.2, -0.15) is 5.26 Å². The summed E-state index contributed by atoms with van der Waals surface area (Å²) in [6.45, 7) is 3.83. The molecule has 1 saturated heterocycles. The highest BCUT2D eigenvalue weighted by Gasteiger charge is 2.38. The minimum absolute atomic E-state index is 0.0835. The van der Waals surface area contributed by atoms with Crippen molar-refractivity contribution in [3.05, 3.63) is 59.4 Å². The van der Waals surface area contributed by atoms with Crippen molar-refractivity contribution in [2.45, 2.75) is 25.8 Å². The molecule has 1 aliphatic rings. The van der Waals surface area contributed by atoms with Gasteiger partial charge in [0, 0.05) is 12.7 Å². The van der Waals surface area contributed by atoms with Crippen LogP contribution in [-0.4, -0.2) is 33.4 Å². The fourth-order valence-corrected chi connectivity index (χ4v) is 3.75. The monoisotopic (exact) mass is 372 g/mol. The van der Waals surface area contributed by atoms with Crippen LogP contribution < -0.4 is 5.32 Å². The maximum Gasteiger partial charge on any atom is 0.231 e. The number of aromatic nitrogens is 2. The summed E-state index contributed by atoms with van der Waals surface area (Å²) in [6.07, 6.45) is 0.252. The minimum atomic E-state index is -0.682. The molecule has 0 unspecified atom stereocenters. The smallest absolute Gasteiger partial charge is 0.231 e. The standard InChI is InChI=1S/C21H20N6O/c1-13-24-17-9-4-6-14(12-22)19(17)27(13)16-8-5-7-15(10-16)21(2)11-18(28)26(3)20(23)25-21/h4-10H,11H2,1-3H3,(H2,23,25)/t21-/m0/s1. The van der Waals surface area contributed by atoms with Gasteiger partial charge in [0.2, 0.25) is 5.91 Å². The summed E-state index contributed by atoms with van der Waals surface area (Å²) in [4.78, 5) is 18.2. The van der Waals surface area contributed by atoms with Crippen molar-refractivity contribution >= 4 is 22.9 Å². The van der Waals surface area contributed by atoms with E-state index in [4.69, 9.17) is 5.41 Å². The van der Waals surface area contributed by atoms with Crippen molar-refractivity contribution < 1.29 is 4.79 Å². The van der Waals surface area contributed by atoms with E-state index in [9.17, 15) is 10.1 Å². The van der Waals surface area contributed by atoms with Gasteiger partial charge in [-0.25, -0.2) is 4.98 Å². The zero-order chi connectivity index (χ0) is 20.1. The number of hydrogen-bond donors (Lipinski definition) is 2. The van der Waals surface area contributed by atoms with E-state index < -0.39 is 5.54 Å². The maximum atomic E-state index is 12.3. The summed E-state index contributed by atoms with van der Waals surface area (Å²) in [5.74, 6) is 0.757. The van der Waals surface area contributed by atoms with Crippen molar-refractivity contribution in [1.29, 1.82) is 10.7 Å². The molecular formula is C21H20N6O. The van der Waals surface area contributed by atoms with Crippen LogP contribution in [-0.2, 0) is 10.3 Å². The third-order valence-electron chi connectivity index (χ3n) is 5.31. The van der Waals surface area contributed by atoms with Crippen molar-refractivity contribution in [2.75, 3.05) is 7.05 Å². The van der Waals surface area contributed by atoms with Gasteiger partial charge in [-0.15, -0.1) is 0 Å². The highest BCUT2D eigenvalue weighted by molar-refractivity contribution is 5.98. The van der Waals surface area contributed by atoms with Gasteiger partial charge in [0.05, 0.1) is 28.6 Å². The lowest BCUT2D eigenvalue weighted by atomic mass is 9.86. The first-order valence-electron chi connectivity index (χ1n) is 8.96. The van der Waals surface area contributed by atoms with Crippen molar-refractivity contribution in [3.8, 4) is 11.8 Å². The summed E-state index contributed by atoms with van der Waals surface area (Å²) >= 11 is 0. The third-order valence-corrected chi connectivity index (χ3v) is 5.31. The largest absolute Gasteiger partial charge is 0.346 e. The Kier molecular flexibility index (Phi) is 3.93. The van der Waals surface area contributed by atoms with Gasteiger partial charge in [0.15, 0.2) is 5.96 Å². The minimum Gasteiger partial charge on any atom is -0.346 e. The molecule has 0 saturated carbocycles. The third kappa shape index (κ3) is 2.62. The first kappa shape index (κ1) is 17.7. The Balaban J connectivity index is 1.86. The second-order valence-corrected chi connectivity index (χ2v) is 7.27. The summed E-state index contributed by atoms with van der Waals surface area (Å²) in [6, 6.07) is 15.6. The molecule has 0 radical (unpaired) electrons. The maximum absolute atomic E-state index is 12.3. The number of aryl methyl sites for hydroxylation is 1. The Morgan fingerprint density at radius 1 is 1.29 bits per heavy atom. The van der Waals surface area contributed by atoms with Crippen LogP contribution in [0.5, 0.6) is 0 Å². The van der Waals surface area contributed by atoms with Crippen LogP contribution in [0.2, 0.25) is 0 Å². The lowest BCUT2D eigenvalue weighted by molar-refractivity contribution is -0.129. The van der Waals surface area contributed by atoms with Crippen LogP contribution in [0.25, 0.3) is 16.7 Å². The van der Waals surface area contributed by atoms with Gasteiger partial charge in [-0.1, -0.05) is 18.2 Å². The lowest BCUT2D eigenvalue weighted by Crippen LogP contribution is -2.58. The number of rotatable bonds is 2. The molecule has 0 bridgehead atoms. The highest BCUT2D eigenvalue weighted by Crippen LogP contribution is 2.31. The summed E-state index contributed by atoms with van der Waals surface area (Å²) < 4.78 is 1.96. The lowest BCUT2D eigenvalue weighted by Gasteiger charge is -2.39. The van der Waals surface area contributed by atoms with E-state index in [1.165, 1.54) is 4.90 Å². The molecule has 0 aliphatic carbocycles. The number of carbonyl (C=O) groups is 1. The molecule has 2 N–H and O–H groups in total. The number of nitrogens with one attached hydrogen (secondary N) is 2. The van der Waals surface area contributed by atoms with Gasteiger partial charge in [0.25, 0.3) is 0 Å². The molecule has 1 aliphatic heterocycles. The molecule has 1 atom stereocenters. The Hall–Kier alpha value is -3.66. The first-order valence-corrected chi connectivity index (χ1v) is 8.96. The van der Waals surface area contributed by atoms with Crippen LogP contribution in [0.1, 0.15) is 30.3 Å². The first-order chi connectivity index (χ1) is 13.3. The number of hydrogen-bond acceptors (Lipinski definition) is 4. The van der Waals surface area contributed by atoms with E-state index in [2.05, 4.69) is 16.4 Å². The predicted molar refractivity (Wildman–Crippen MR) is 106 cm³/mol. The predicted octanol–water partition coefficient (Wildman–Crippen LogP) is 2.81. The summed E-state index contributed by atoms with van der Waals surface area (Å²) in [7, 11) is 1.60. The Morgan fingerprint density at radius 2 is 2.04 bits per heavy atom. The number of guanidine groups is 1.